The Balaban J connectivity index is 1.29. The molecular weight excluding hydrogens is 412 g/mol. The summed E-state index contributed by atoms with van der Waals surface area (Å²) < 4.78 is 37.4. The van der Waals surface area contributed by atoms with E-state index in [9.17, 15) is 13.2 Å². The molecule has 0 spiro atoms. The van der Waals surface area contributed by atoms with Gasteiger partial charge in [-0.1, -0.05) is 29.4 Å². The van der Waals surface area contributed by atoms with Crippen molar-refractivity contribution in [2.75, 3.05) is 13.1 Å². The molecule has 4 rings (SSSR count). The minimum atomic E-state index is -3.53. The molecule has 0 aliphatic carbocycles. The fourth-order valence-electron chi connectivity index (χ4n) is 3.25. The van der Waals surface area contributed by atoms with Gasteiger partial charge in [-0.2, -0.15) is 4.31 Å². The third-order valence-corrected chi connectivity index (χ3v) is 7.65. The summed E-state index contributed by atoms with van der Waals surface area (Å²) in [6.07, 6.45) is 0.869. The van der Waals surface area contributed by atoms with Crippen LogP contribution in [0.15, 0.2) is 63.3 Å². The number of hydrogen-bond donors (Lipinski definition) is 0. The second-order valence-electron chi connectivity index (χ2n) is 6.76. The van der Waals surface area contributed by atoms with Gasteiger partial charge in [-0.05, 0) is 36.4 Å². The maximum Gasteiger partial charge on any atom is 0.309 e. The molecule has 3 aromatic rings. The maximum absolute atomic E-state index is 12.7. The molecule has 1 aromatic carbocycles. The number of carbonyl (C=O) groups is 1. The van der Waals surface area contributed by atoms with E-state index in [1.54, 1.807) is 47.7 Å². The average Bonchev–Trinajstić information content (AvgIpc) is 3.44. The lowest BCUT2D eigenvalue weighted by molar-refractivity contribution is -0.151. The van der Waals surface area contributed by atoms with Crippen molar-refractivity contribution in [1.82, 2.24) is 9.46 Å². The number of nitrogens with zero attached hydrogens (tertiary/aromatic N) is 2. The molecule has 3 heterocycles. The van der Waals surface area contributed by atoms with Crippen molar-refractivity contribution >= 4 is 27.3 Å². The van der Waals surface area contributed by atoms with Crippen LogP contribution >= 0.6 is 11.3 Å². The van der Waals surface area contributed by atoms with E-state index in [1.807, 2.05) is 17.5 Å². The molecule has 152 valence electrons. The molecule has 1 fully saturated rings. The van der Waals surface area contributed by atoms with Gasteiger partial charge in [-0.15, -0.1) is 11.3 Å². The Labute approximate surface area is 172 Å². The van der Waals surface area contributed by atoms with Crippen molar-refractivity contribution < 1.29 is 22.5 Å². The zero-order valence-corrected chi connectivity index (χ0v) is 17.2. The van der Waals surface area contributed by atoms with Crippen molar-refractivity contribution in [2.24, 2.45) is 5.92 Å². The predicted molar refractivity (Wildman–Crippen MR) is 108 cm³/mol. The van der Waals surface area contributed by atoms with Crippen molar-refractivity contribution in [3.63, 3.8) is 0 Å². The summed E-state index contributed by atoms with van der Waals surface area (Å²) in [4.78, 5) is 13.6. The molecule has 7 nitrogen and oxygen atoms in total. The van der Waals surface area contributed by atoms with Gasteiger partial charge in [0.2, 0.25) is 10.0 Å². The highest BCUT2D eigenvalue weighted by Gasteiger charge is 2.32. The van der Waals surface area contributed by atoms with Gasteiger partial charge < -0.3 is 9.26 Å². The normalized spacial score (nSPS) is 16.0. The van der Waals surface area contributed by atoms with E-state index in [0.29, 0.717) is 37.4 Å². The van der Waals surface area contributed by atoms with E-state index in [0.717, 1.165) is 4.88 Å². The highest BCUT2D eigenvalue weighted by molar-refractivity contribution is 7.89. The molecule has 0 saturated carbocycles. The molecule has 0 radical (unpaired) electrons. The van der Waals surface area contributed by atoms with Gasteiger partial charge in [-0.3, -0.25) is 4.79 Å². The minimum absolute atomic E-state index is 0.0379. The first-order valence-electron chi connectivity index (χ1n) is 9.25. The molecule has 0 unspecified atom stereocenters. The smallest absolute Gasteiger partial charge is 0.309 e. The Morgan fingerprint density at radius 1 is 1.17 bits per heavy atom. The van der Waals surface area contributed by atoms with Crippen LogP contribution in [0.25, 0.3) is 10.6 Å². The molecule has 1 aliphatic heterocycles. The average molecular weight is 433 g/mol. The molecule has 0 amide bonds. The quantitative estimate of drug-likeness (QED) is 0.554. The Bertz CT molecular complexity index is 1050. The molecule has 0 N–H and O–H groups in total. The third-order valence-electron chi connectivity index (χ3n) is 4.85. The van der Waals surface area contributed by atoms with Crippen LogP contribution in [-0.2, 0) is 26.2 Å². The fraction of sp³-hybridized carbons (Fsp3) is 0.300. The number of sulfonamides is 1. The molecule has 1 saturated heterocycles. The van der Waals surface area contributed by atoms with E-state index in [2.05, 4.69) is 5.16 Å². The first-order valence-corrected chi connectivity index (χ1v) is 11.6. The van der Waals surface area contributed by atoms with Crippen LogP contribution in [-0.4, -0.2) is 36.9 Å². The van der Waals surface area contributed by atoms with Crippen LogP contribution in [0.4, 0.5) is 0 Å². The largest absolute Gasteiger partial charge is 0.459 e. The van der Waals surface area contributed by atoms with Gasteiger partial charge in [0.05, 0.1) is 15.7 Å². The third kappa shape index (κ3) is 4.42. The number of hydrogen-bond acceptors (Lipinski definition) is 7. The fourth-order valence-corrected chi connectivity index (χ4v) is 5.42. The van der Waals surface area contributed by atoms with Crippen molar-refractivity contribution in [1.29, 1.82) is 0 Å². The summed E-state index contributed by atoms with van der Waals surface area (Å²) in [7, 11) is -3.53. The second-order valence-corrected chi connectivity index (χ2v) is 9.64. The Morgan fingerprint density at radius 3 is 2.62 bits per heavy atom. The highest BCUT2D eigenvalue weighted by Crippen LogP contribution is 2.27. The monoisotopic (exact) mass is 432 g/mol. The summed E-state index contributed by atoms with van der Waals surface area (Å²) in [5.74, 6) is -0.00574. The van der Waals surface area contributed by atoms with Crippen LogP contribution in [0.2, 0.25) is 0 Å². The molecule has 0 bridgehead atoms. The number of ether oxygens (including phenoxy) is 1. The maximum atomic E-state index is 12.7. The number of rotatable bonds is 6. The number of esters is 1. The SMILES string of the molecule is O=C(OCc1cc(-c2cccs2)on1)C1CCN(S(=O)(=O)c2ccccc2)CC1. The van der Waals surface area contributed by atoms with Gasteiger partial charge >= 0.3 is 5.97 Å². The molecule has 2 aromatic heterocycles. The van der Waals surface area contributed by atoms with Crippen LogP contribution in [0.1, 0.15) is 18.5 Å². The van der Waals surface area contributed by atoms with Gasteiger partial charge in [0.15, 0.2) is 5.76 Å². The molecule has 9 heteroatoms. The number of benzene rings is 1. The van der Waals surface area contributed by atoms with Gasteiger partial charge in [0, 0.05) is 19.2 Å². The van der Waals surface area contributed by atoms with Gasteiger partial charge in [0.1, 0.15) is 12.3 Å². The summed E-state index contributed by atoms with van der Waals surface area (Å²) in [6, 6.07) is 13.9. The number of thiophene rings is 1. The Kier molecular flexibility index (Phi) is 5.79. The summed E-state index contributed by atoms with van der Waals surface area (Å²) in [5.41, 5.74) is 0.547. The Hall–Kier alpha value is -2.49. The standard InChI is InChI=1S/C20H20N2O5S2/c23-20(26-14-16-13-18(27-21-16)19-7-4-12-28-19)15-8-10-22(11-9-15)29(24,25)17-5-2-1-3-6-17/h1-7,12-13,15H,8-11,14H2. The molecule has 29 heavy (non-hydrogen) atoms. The molecule has 1 aliphatic rings. The van der Waals surface area contributed by atoms with Crippen LogP contribution in [0, 0.1) is 5.92 Å². The first kappa shape index (κ1) is 19.8. The zero-order chi connectivity index (χ0) is 20.3. The van der Waals surface area contributed by atoms with Gasteiger partial charge in [0.25, 0.3) is 0 Å². The lowest BCUT2D eigenvalue weighted by Gasteiger charge is -2.30. The van der Waals surface area contributed by atoms with Crippen LogP contribution in [0.3, 0.4) is 0 Å². The minimum Gasteiger partial charge on any atom is -0.459 e. The summed E-state index contributed by atoms with van der Waals surface area (Å²) >= 11 is 1.54. The zero-order valence-electron chi connectivity index (χ0n) is 15.6. The summed E-state index contributed by atoms with van der Waals surface area (Å²) in [6.45, 7) is 0.628. The van der Waals surface area contributed by atoms with Gasteiger partial charge in [-0.25, -0.2) is 8.42 Å². The van der Waals surface area contributed by atoms with Crippen molar-refractivity contribution in [3.8, 4) is 10.6 Å². The van der Waals surface area contributed by atoms with E-state index >= 15 is 0 Å². The number of carbonyl (C=O) groups excluding carboxylic acids is 1. The van der Waals surface area contributed by atoms with Crippen molar-refractivity contribution in [2.45, 2.75) is 24.3 Å². The van der Waals surface area contributed by atoms with Crippen LogP contribution < -0.4 is 0 Å². The lowest BCUT2D eigenvalue weighted by Crippen LogP contribution is -2.40. The number of aromatic nitrogens is 1. The van der Waals surface area contributed by atoms with Crippen molar-refractivity contribution in [3.05, 3.63) is 59.6 Å². The molecular formula is C20H20N2O5S2. The Morgan fingerprint density at radius 2 is 1.93 bits per heavy atom. The first-order chi connectivity index (χ1) is 14.0. The van der Waals surface area contributed by atoms with Crippen LogP contribution in [0.5, 0.6) is 0 Å². The van der Waals surface area contributed by atoms with E-state index in [1.165, 1.54) is 4.31 Å². The van der Waals surface area contributed by atoms with E-state index < -0.39 is 10.0 Å². The molecule has 0 atom stereocenters. The second kappa shape index (κ2) is 8.48. The topological polar surface area (TPSA) is 89.7 Å². The number of piperidine rings is 1. The highest BCUT2D eigenvalue weighted by atomic mass is 32.2. The lowest BCUT2D eigenvalue weighted by atomic mass is 9.98. The van der Waals surface area contributed by atoms with E-state index in [4.69, 9.17) is 9.26 Å². The van der Waals surface area contributed by atoms with E-state index in [-0.39, 0.29) is 23.4 Å². The predicted octanol–water partition coefficient (Wildman–Crippen LogP) is 3.55. The summed E-state index contributed by atoms with van der Waals surface area (Å²) in [5, 5.41) is 5.88.